The van der Waals surface area contributed by atoms with Crippen LogP contribution in [0.5, 0.6) is 5.75 Å². The Morgan fingerprint density at radius 2 is 1.83 bits per heavy atom. The van der Waals surface area contributed by atoms with E-state index in [1.165, 1.54) is 17.4 Å². The largest absolute Gasteiger partial charge is 0.497 e. The first-order valence-electron chi connectivity index (χ1n) is 12.1. The summed E-state index contributed by atoms with van der Waals surface area (Å²) in [5.74, 6) is 2.07. The maximum atomic E-state index is 13.0. The molecule has 35 heavy (non-hydrogen) atoms. The van der Waals surface area contributed by atoms with Gasteiger partial charge in [-0.1, -0.05) is 30.0 Å². The molecule has 0 N–H and O–H groups in total. The number of amides is 1. The fourth-order valence-corrected chi connectivity index (χ4v) is 5.43. The minimum atomic E-state index is 0.139. The third kappa shape index (κ3) is 5.62. The molecule has 1 aromatic heterocycles. The zero-order valence-corrected chi connectivity index (χ0v) is 20.8. The molecule has 184 valence electrons. The van der Waals surface area contributed by atoms with Crippen LogP contribution < -0.4 is 9.64 Å². The van der Waals surface area contributed by atoms with E-state index in [1.54, 1.807) is 7.11 Å². The Morgan fingerprint density at radius 1 is 1.06 bits per heavy atom. The van der Waals surface area contributed by atoms with Crippen LogP contribution in [0, 0.1) is 0 Å². The van der Waals surface area contributed by atoms with E-state index in [9.17, 15) is 4.79 Å². The predicted molar refractivity (Wildman–Crippen MR) is 137 cm³/mol. The van der Waals surface area contributed by atoms with Crippen molar-refractivity contribution >= 4 is 23.4 Å². The van der Waals surface area contributed by atoms with Crippen molar-refractivity contribution in [2.45, 2.75) is 30.6 Å². The van der Waals surface area contributed by atoms with E-state index in [1.807, 2.05) is 35.2 Å². The van der Waals surface area contributed by atoms with Gasteiger partial charge in [0, 0.05) is 44.0 Å². The van der Waals surface area contributed by atoms with Gasteiger partial charge in [0.2, 0.25) is 5.91 Å². The SMILES string of the molecule is COc1ccc(-c2nnc(SCC(=O)N3CCN(c4ccccc4)CC3)n2C[C@@H]2CCCO2)cc1. The number of methoxy groups -OCH3 is 1. The number of carbonyl (C=O) groups excluding carboxylic acids is 1. The van der Waals surface area contributed by atoms with Crippen molar-refractivity contribution in [2.24, 2.45) is 0 Å². The van der Waals surface area contributed by atoms with Crippen LogP contribution in [0.1, 0.15) is 12.8 Å². The van der Waals surface area contributed by atoms with E-state index < -0.39 is 0 Å². The first-order chi connectivity index (χ1) is 17.2. The van der Waals surface area contributed by atoms with Gasteiger partial charge in [-0.25, -0.2) is 0 Å². The number of benzene rings is 2. The third-order valence-electron chi connectivity index (χ3n) is 6.55. The number of piperazine rings is 1. The molecule has 0 saturated carbocycles. The normalized spacial score (nSPS) is 18.1. The molecule has 9 heteroatoms. The minimum Gasteiger partial charge on any atom is -0.497 e. The molecule has 0 radical (unpaired) electrons. The molecule has 0 bridgehead atoms. The second-order valence-corrected chi connectivity index (χ2v) is 9.71. The lowest BCUT2D eigenvalue weighted by Crippen LogP contribution is -2.49. The molecule has 0 aliphatic carbocycles. The number of hydrogen-bond donors (Lipinski definition) is 0. The average Bonchev–Trinajstić information content (AvgIpc) is 3.58. The highest BCUT2D eigenvalue weighted by Gasteiger charge is 2.25. The fraction of sp³-hybridized carbons (Fsp3) is 0.423. The summed E-state index contributed by atoms with van der Waals surface area (Å²) in [7, 11) is 1.65. The monoisotopic (exact) mass is 493 g/mol. The Hall–Kier alpha value is -3.04. The Kier molecular flexibility index (Phi) is 7.54. The van der Waals surface area contributed by atoms with Crippen LogP contribution in [-0.2, 0) is 16.1 Å². The molecule has 2 aliphatic rings. The summed E-state index contributed by atoms with van der Waals surface area (Å²) in [6.45, 7) is 4.62. The highest BCUT2D eigenvalue weighted by molar-refractivity contribution is 7.99. The number of rotatable bonds is 8. The average molecular weight is 494 g/mol. The molecule has 1 atom stereocenters. The van der Waals surface area contributed by atoms with Gasteiger partial charge >= 0.3 is 0 Å². The number of hydrogen-bond acceptors (Lipinski definition) is 7. The molecule has 1 amide bonds. The van der Waals surface area contributed by atoms with Crippen LogP contribution in [0.3, 0.4) is 0 Å². The van der Waals surface area contributed by atoms with Crippen LogP contribution in [0.4, 0.5) is 5.69 Å². The first kappa shape index (κ1) is 23.7. The number of ether oxygens (including phenoxy) is 2. The van der Waals surface area contributed by atoms with Gasteiger partial charge < -0.3 is 19.3 Å². The van der Waals surface area contributed by atoms with E-state index in [0.717, 1.165) is 67.9 Å². The molecule has 8 nitrogen and oxygen atoms in total. The lowest BCUT2D eigenvalue weighted by atomic mass is 10.2. The van der Waals surface area contributed by atoms with Crippen molar-refractivity contribution in [3.8, 4) is 17.1 Å². The fourth-order valence-electron chi connectivity index (χ4n) is 4.58. The van der Waals surface area contributed by atoms with Crippen LogP contribution in [0.2, 0.25) is 0 Å². The highest BCUT2D eigenvalue weighted by atomic mass is 32.2. The summed E-state index contributed by atoms with van der Waals surface area (Å²) in [5, 5.41) is 9.69. The van der Waals surface area contributed by atoms with Gasteiger partial charge in [-0.2, -0.15) is 0 Å². The van der Waals surface area contributed by atoms with Gasteiger partial charge in [0.05, 0.1) is 25.5 Å². The van der Waals surface area contributed by atoms with E-state index >= 15 is 0 Å². The summed E-state index contributed by atoms with van der Waals surface area (Å²) < 4.78 is 13.3. The minimum absolute atomic E-state index is 0.139. The van der Waals surface area contributed by atoms with Crippen LogP contribution >= 0.6 is 11.8 Å². The van der Waals surface area contributed by atoms with Crippen LogP contribution in [0.15, 0.2) is 59.8 Å². The molecule has 5 rings (SSSR count). The van der Waals surface area contributed by atoms with Crippen LogP contribution in [0.25, 0.3) is 11.4 Å². The van der Waals surface area contributed by atoms with E-state index in [0.29, 0.717) is 12.3 Å². The standard InChI is InChI=1S/C26H31N5O3S/c1-33-22-11-9-20(10-12-22)25-27-28-26(31(25)18-23-8-5-17-34-23)35-19-24(32)30-15-13-29(14-16-30)21-6-3-2-4-7-21/h2-4,6-7,9-12,23H,5,8,13-19H2,1H3/t23-/m0/s1. The summed E-state index contributed by atoms with van der Waals surface area (Å²) in [6.07, 6.45) is 2.24. The molecule has 2 fully saturated rings. The van der Waals surface area contributed by atoms with E-state index in [4.69, 9.17) is 9.47 Å². The lowest BCUT2D eigenvalue weighted by Gasteiger charge is -2.36. The number of para-hydroxylation sites is 1. The molecule has 2 saturated heterocycles. The van der Waals surface area contributed by atoms with Gasteiger partial charge in [0.1, 0.15) is 5.75 Å². The van der Waals surface area contributed by atoms with Crippen molar-refractivity contribution in [3.05, 3.63) is 54.6 Å². The van der Waals surface area contributed by atoms with Crippen LogP contribution in [-0.4, -0.2) is 77.3 Å². The van der Waals surface area contributed by atoms with E-state index in [-0.39, 0.29) is 12.0 Å². The number of thioether (sulfide) groups is 1. The lowest BCUT2D eigenvalue weighted by molar-refractivity contribution is -0.128. The molecular formula is C26H31N5O3S. The summed E-state index contributed by atoms with van der Waals surface area (Å²) in [4.78, 5) is 17.3. The molecule has 3 aromatic rings. The van der Waals surface area contributed by atoms with Gasteiger partial charge in [0.15, 0.2) is 11.0 Å². The Balaban J connectivity index is 1.24. The smallest absolute Gasteiger partial charge is 0.233 e. The molecule has 2 aromatic carbocycles. The third-order valence-corrected chi connectivity index (χ3v) is 7.51. The topological polar surface area (TPSA) is 72.7 Å². The Bertz CT molecular complexity index is 1110. The van der Waals surface area contributed by atoms with Crippen molar-refractivity contribution in [1.82, 2.24) is 19.7 Å². The maximum Gasteiger partial charge on any atom is 0.233 e. The number of nitrogens with zero attached hydrogens (tertiary/aromatic N) is 5. The zero-order chi connectivity index (χ0) is 24.0. The van der Waals surface area contributed by atoms with Crippen molar-refractivity contribution in [1.29, 1.82) is 0 Å². The molecule has 2 aliphatic heterocycles. The van der Waals surface area contributed by atoms with Crippen molar-refractivity contribution < 1.29 is 14.3 Å². The summed E-state index contributed by atoms with van der Waals surface area (Å²) in [5.41, 5.74) is 2.17. The molecular weight excluding hydrogens is 462 g/mol. The van der Waals surface area contributed by atoms with Gasteiger partial charge in [-0.3, -0.25) is 9.36 Å². The molecule has 3 heterocycles. The van der Waals surface area contributed by atoms with Crippen molar-refractivity contribution in [2.75, 3.05) is 50.5 Å². The van der Waals surface area contributed by atoms with E-state index in [2.05, 4.69) is 43.9 Å². The first-order valence-corrected chi connectivity index (χ1v) is 13.1. The molecule has 0 spiro atoms. The maximum absolute atomic E-state index is 13.0. The van der Waals surface area contributed by atoms with Gasteiger partial charge in [-0.15, -0.1) is 10.2 Å². The Labute approximate surface area is 210 Å². The second-order valence-electron chi connectivity index (χ2n) is 8.77. The number of carbonyl (C=O) groups is 1. The second kappa shape index (κ2) is 11.1. The van der Waals surface area contributed by atoms with Gasteiger partial charge in [-0.05, 0) is 49.2 Å². The summed E-state index contributed by atoms with van der Waals surface area (Å²) >= 11 is 1.46. The highest BCUT2D eigenvalue weighted by Crippen LogP contribution is 2.28. The van der Waals surface area contributed by atoms with Gasteiger partial charge in [0.25, 0.3) is 0 Å². The number of aromatic nitrogens is 3. The number of anilines is 1. The molecule has 0 unspecified atom stereocenters. The zero-order valence-electron chi connectivity index (χ0n) is 20.0. The Morgan fingerprint density at radius 3 is 2.51 bits per heavy atom. The summed E-state index contributed by atoms with van der Waals surface area (Å²) in [6, 6.07) is 18.2. The quantitative estimate of drug-likeness (QED) is 0.444. The van der Waals surface area contributed by atoms with Crippen molar-refractivity contribution in [3.63, 3.8) is 0 Å². The predicted octanol–water partition coefficient (Wildman–Crippen LogP) is 3.57.